The van der Waals surface area contributed by atoms with E-state index in [1.807, 2.05) is 24.3 Å². The number of nitrogens with two attached hydrogens (primary N) is 1. The van der Waals surface area contributed by atoms with Crippen molar-refractivity contribution in [2.75, 3.05) is 17.2 Å². The van der Waals surface area contributed by atoms with Crippen molar-refractivity contribution in [1.29, 1.82) is 0 Å². The highest BCUT2D eigenvalue weighted by atomic mass is 127. The number of carbonyl (C=O) groups excluding carboxylic acids is 2. The Kier molecular flexibility index (Phi) is 4.86. The van der Waals surface area contributed by atoms with Crippen LogP contribution in [0.25, 0.3) is 0 Å². The first kappa shape index (κ1) is 16.3. The maximum Gasteiger partial charge on any atom is 0.251 e. The van der Waals surface area contributed by atoms with Crippen molar-refractivity contribution in [3.8, 4) is 0 Å². The number of carbonyl (C=O) groups is 2. The third-order valence-corrected chi connectivity index (χ3v) is 5.64. The van der Waals surface area contributed by atoms with Gasteiger partial charge in [-0.25, -0.2) is 0 Å². The van der Waals surface area contributed by atoms with Crippen molar-refractivity contribution < 1.29 is 9.59 Å². The van der Waals surface area contributed by atoms with Crippen LogP contribution in [0.15, 0.2) is 24.3 Å². The number of rotatable bonds is 5. The lowest BCUT2D eigenvalue weighted by Gasteiger charge is -2.08. The van der Waals surface area contributed by atoms with Crippen LogP contribution in [-0.4, -0.2) is 18.4 Å². The minimum Gasteiger partial charge on any atom is -0.376 e. The third kappa shape index (κ3) is 3.66. The van der Waals surface area contributed by atoms with E-state index in [0.29, 0.717) is 10.6 Å². The molecule has 0 bridgehead atoms. The van der Waals surface area contributed by atoms with Gasteiger partial charge in [-0.1, -0.05) is 0 Å². The van der Waals surface area contributed by atoms with Crippen LogP contribution in [0.4, 0.5) is 10.7 Å². The van der Waals surface area contributed by atoms with E-state index in [1.54, 1.807) is 0 Å². The molecule has 1 aliphatic rings. The highest BCUT2D eigenvalue weighted by Crippen LogP contribution is 2.38. The molecule has 0 saturated carbocycles. The lowest BCUT2D eigenvalue weighted by Crippen LogP contribution is -2.23. The molecule has 1 aromatic heterocycles. The van der Waals surface area contributed by atoms with Gasteiger partial charge in [0.15, 0.2) is 0 Å². The van der Waals surface area contributed by atoms with Gasteiger partial charge in [-0.05, 0) is 71.7 Å². The minimum absolute atomic E-state index is 0.140. The molecule has 1 aromatic carbocycles. The summed E-state index contributed by atoms with van der Waals surface area (Å²) in [7, 11) is 0. The summed E-state index contributed by atoms with van der Waals surface area (Å²) in [6, 6.07) is 7.78. The van der Waals surface area contributed by atoms with Gasteiger partial charge < -0.3 is 16.4 Å². The predicted molar refractivity (Wildman–Crippen MR) is 101 cm³/mol. The molecule has 2 amide bonds. The smallest absolute Gasteiger partial charge is 0.251 e. The van der Waals surface area contributed by atoms with Crippen LogP contribution in [-0.2, 0) is 17.6 Å². The number of primary amides is 1. The Balaban J connectivity index is 1.66. The lowest BCUT2D eigenvalue weighted by molar-refractivity contribution is -0.114. The number of fused-ring (bicyclic) bond motifs is 1. The van der Waals surface area contributed by atoms with E-state index in [2.05, 4.69) is 33.2 Å². The maximum absolute atomic E-state index is 12.1. The first-order valence-electron chi connectivity index (χ1n) is 7.28. The summed E-state index contributed by atoms with van der Waals surface area (Å²) in [4.78, 5) is 25.0. The Morgan fingerprint density at radius 1 is 1.22 bits per heavy atom. The van der Waals surface area contributed by atoms with E-state index in [0.717, 1.165) is 34.1 Å². The summed E-state index contributed by atoms with van der Waals surface area (Å²) in [5, 5.41) is 6.46. The first-order chi connectivity index (χ1) is 11.0. The summed E-state index contributed by atoms with van der Waals surface area (Å²) in [5.41, 5.74) is 7.87. The van der Waals surface area contributed by atoms with E-state index >= 15 is 0 Å². The molecule has 0 aliphatic heterocycles. The van der Waals surface area contributed by atoms with Gasteiger partial charge in [-0.15, -0.1) is 11.3 Å². The number of thiophene rings is 1. The molecule has 0 atom stereocenters. The quantitative estimate of drug-likeness (QED) is 0.624. The second-order valence-electron chi connectivity index (χ2n) is 5.33. The largest absolute Gasteiger partial charge is 0.376 e. The summed E-state index contributed by atoms with van der Waals surface area (Å²) in [5.74, 6) is -0.656. The summed E-state index contributed by atoms with van der Waals surface area (Å²) in [6.07, 6.45) is 2.86. The van der Waals surface area contributed by atoms with Gasteiger partial charge >= 0.3 is 0 Å². The zero-order valence-corrected chi connectivity index (χ0v) is 15.3. The zero-order valence-electron chi connectivity index (χ0n) is 12.3. The maximum atomic E-state index is 12.1. The molecule has 120 valence electrons. The number of aryl methyl sites for hydroxylation is 1. The van der Waals surface area contributed by atoms with Crippen molar-refractivity contribution in [1.82, 2.24) is 0 Å². The molecule has 0 unspecified atom stereocenters. The number of nitrogens with one attached hydrogen (secondary N) is 2. The molecule has 0 fully saturated rings. The highest BCUT2D eigenvalue weighted by molar-refractivity contribution is 14.1. The van der Waals surface area contributed by atoms with E-state index in [-0.39, 0.29) is 12.5 Å². The monoisotopic (exact) mass is 441 g/mol. The van der Waals surface area contributed by atoms with E-state index in [9.17, 15) is 9.59 Å². The zero-order chi connectivity index (χ0) is 16.4. The van der Waals surface area contributed by atoms with Gasteiger partial charge in [0.2, 0.25) is 5.91 Å². The molecule has 4 N–H and O–H groups in total. The highest BCUT2D eigenvalue weighted by Gasteiger charge is 2.25. The molecule has 3 rings (SSSR count). The Hall–Kier alpha value is -1.61. The molecule has 0 radical (unpaired) electrons. The Bertz CT molecular complexity index is 755. The molecule has 0 spiro atoms. The van der Waals surface area contributed by atoms with Crippen molar-refractivity contribution >= 4 is 56.4 Å². The number of hydrogen-bond donors (Lipinski definition) is 3. The van der Waals surface area contributed by atoms with Crippen LogP contribution >= 0.6 is 33.9 Å². The van der Waals surface area contributed by atoms with E-state index in [4.69, 9.17) is 5.73 Å². The third-order valence-electron chi connectivity index (χ3n) is 3.72. The van der Waals surface area contributed by atoms with Crippen molar-refractivity contribution in [3.05, 3.63) is 43.8 Å². The van der Waals surface area contributed by atoms with Gasteiger partial charge in [0.25, 0.3) is 5.91 Å². The number of benzene rings is 1. The molecule has 0 saturated heterocycles. The molecule has 2 aromatic rings. The van der Waals surface area contributed by atoms with Crippen molar-refractivity contribution in [2.24, 2.45) is 5.73 Å². The van der Waals surface area contributed by atoms with Crippen molar-refractivity contribution in [2.45, 2.75) is 19.3 Å². The normalized spacial score (nSPS) is 12.7. The van der Waals surface area contributed by atoms with Crippen LogP contribution in [0.2, 0.25) is 0 Å². The number of halogens is 1. The molecule has 7 heteroatoms. The Morgan fingerprint density at radius 3 is 2.65 bits per heavy atom. The van der Waals surface area contributed by atoms with Gasteiger partial charge in [0.05, 0.1) is 12.1 Å². The fraction of sp³-hybridized carbons (Fsp3) is 0.250. The number of anilines is 2. The van der Waals surface area contributed by atoms with Gasteiger partial charge in [0.1, 0.15) is 5.00 Å². The van der Waals surface area contributed by atoms with Gasteiger partial charge in [-0.3, -0.25) is 9.59 Å². The summed E-state index contributed by atoms with van der Waals surface area (Å²) in [6.45, 7) is 0.140. The van der Waals surface area contributed by atoms with Gasteiger partial charge in [0, 0.05) is 14.1 Å². The molecule has 1 heterocycles. The van der Waals surface area contributed by atoms with Crippen LogP contribution in [0, 0.1) is 3.57 Å². The lowest BCUT2D eigenvalue weighted by atomic mass is 10.1. The predicted octanol–water partition coefficient (Wildman–Crippen LogP) is 2.99. The standard InChI is InChI=1S/C16H16IN3O2S/c17-9-4-6-10(7-5-9)19-8-13(21)20-16-14(15(18)22)11-2-1-3-12(11)23-16/h4-7,19H,1-3,8H2,(H2,18,22)(H,20,21). The molecule has 5 nitrogen and oxygen atoms in total. The first-order valence-corrected chi connectivity index (χ1v) is 9.17. The van der Waals surface area contributed by atoms with E-state index in [1.165, 1.54) is 16.2 Å². The average Bonchev–Trinajstić information content (AvgIpc) is 3.06. The number of hydrogen-bond acceptors (Lipinski definition) is 4. The van der Waals surface area contributed by atoms with Crippen LogP contribution in [0.5, 0.6) is 0 Å². The minimum atomic E-state index is -0.467. The Labute approximate surface area is 151 Å². The average molecular weight is 441 g/mol. The van der Waals surface area contributed by atoms with Crippen molar-refractivity contribution in [3.63, 3.8) is 0 Å². The summed E-state index contributed by atoms with van der Waals surface area (Å²) >= 11 is 3.70. The van der Waals surface area contributed by atoms with E-state index < -0.39 is 5.91 Å². The van der Waals surface area contributed by atoms with Gasteiger partial charge in [-0.2, -0.15) is 0 Å². The fourth-order valence-electron chi connectivity index (χ4n) is 2.67. The summed E-state index contributed by atoms with van der Waals surface area (Å²) < 4.78 is 1.14. The second-order valence-corrected chi connectivity index (χ2v) is 7.69. The number of amides is 2. The van der Waals surface area contributed by atoms with Crippen LogP contribution in [0.1, 0.15) is 27.2 Å². The Morgan fingerprint density at radius 2 is 1.96 bits per heavy atom. The fourth-order valence-corrected chi connectivity index (χ4v) is 4.34. The molecular weight excluding hydrogens is 425 g/mol. The van der Waals surface area contributed by atoms with Crippen LogP contribution < -0.4 is 16.4 Å². The second kappa shape index (κ2) is 6.88. The molecular formula is C16H16IN3O2S. The molecule has 23 heavy (non-hydrogen) atoms. The van der Waals surface area contributed by atoms with Crippen LogP contribution in [0.3, 0.4) is 0 Å². The molecule has 1 aliphatic carbocycles. The SMILES string of the molecule is NC(=O)c1c(NC(=O)CNc2ccc(I)cc2)sc2c1CCC2. The topological polar surface area (TPSA) is 84.2 Å².